The van der Waals surface area contributed by atoms with Gasteiger partial charge in [0.1, 0.15) is 11.3 Å². The lowest BCUT2D eigenvalue weighted by Crippen LogP contribution is -2.31. The molecule has 0 spiro atoms. The van der Waals surface area contributed by atoms with Gasteiger partial charge in [-0.05, 0) is 51.8 Å². The Balaban J connectivity index is 1.75. The number of hydrogen-bond acceptors (Lipinski definition) is 7. The fraction of sp³-hybridized carbons (Fsp3) is 0.455. The predicted molar refractivity (Wildman–Crippen MR) is 113 cm³/mol. The van der Waals surface area contributed by atoms with Crippen LogP contribution in [0.15, 0.2) is 32.0 Å². The Labute approximate surface area is 181 Å². The molecule has 0 aliphatic carbocycles. The lowest BCUT2D eigenvalue weighted by Gasteiger charge is -2.24. The van der Waals surface area contributed by atoms with Crippen molar-refractivity contribution in [1.29, 1.82) is 0 Å². The standard InChI is InChI=1S/C22H26N2O6S/c1-5-18-20(14(4)23-30-18)17-8-7-11-24(17)31(26,27)15-9-10-19-16(12-15)13(3)21(29-19)22(25)28-6-2/h9-10,12,17H,5-8,11H2,1-4H3. The Morgan fingerprint density at radius 3 is 2.77 bits per heavy atom. The first kappa shape index (κ1) is 21.6. The summed E-state index contributed by atoms with van der Waals surface area (Å²) in [6.07, 6.45) is 2.13. The molecule has 1 aromatic carbocycles. The van der Waals surface area contributed by atoms with Crippen molar-refractivity contribution in [2.75, 3.05) is 13.2 Å². The van der Waals surface area contributed by atoms with Crippen LogP contribution >= 0.6 is 0 Å². The van der Waals surface area contributed by atoms with Crippen molar-refractivity contribution in [1.82, 2.24) is 9.46 Å². The van der Waals surface area contributed by atoms with Crippen LogP contribution in [0.1, 0.15) is 65.9 Å². The van der Waals surface area contributed by atoms with E-state index in [-0.39, 0.29) is 23.3 Å². The molecule has 4 rings (SSSR count). The van der Waals surface area contributed by atoms with Crippen LogP contribution < -0.4 is 0 Å². The Kier molecular flexibility index (Phi) is 5.65. The summed E-state index contributed by atoms with van der Waals surface area (Å²) in [5.74, 6) is 0.262. The minimum atomic E-state index is -3.78. The number of aromatic nitrogens is 1. The third-order valence-corrected chi connectivity index (χ3v) is 7.72. The first-order valence-electron chi connectivity index (χ1n) is 10.5. The summed E-state index contributed by atoms with van der Waals surface area (Å²) in [6.45, 7) is 7.91. The smallest absolute Gasteiger partial charge is 0.374 e. The van der Waals surface area contributed by atoms with Crippen molar-refractivity contribution in [2.45, 2.75) is 57.9 Å². The fourth-order valence-corrected chi connectivity index (χ4v) is 6.00. The van der Waals surface area contributed by atoms with E-state index in [2.05, 4.69) is 5.16 Å². The van der Waals surface area contributed by atoms with E-state index in [1.807, 2.05) is 13.8 Å². The number of carbonyl (C=O) groups excluding carboxylic acids is 1. The summed E-state index contributed by atoms with van der Waals surface area (Å²) < 4.78 is 44.8. The van der Waals surface area contributed by atoms with Crippen LogP contribution in [0.3, 0.4) is 0 Å². The first-order valence-corrected chi connectivity index (χ1v) is 11.9. The summed E-state index contributed by atoms with van der Waals surface area (Å²) in [7, 11) is -3.78. The number of nitrogens with zero attached hydrogens (tertiary/aromatic N) is 2. The molecule has 1 atom stereocenters. The molecule has 0 amide bonds. The van der Waals surface area contributed by atoms with E-state index in [1.54, 1.807) is 26.0 Å². The van der Waals surface area contributed by atoms with Crippen LogP contribution in [0.4, 0.5) is 0 Å². The summed E-state index contributed by atoms with van der Waals surface area (Å²) in [6, 6.07) is 4.38. The quantitative estimate of drug-likeness (QED) is 0.520. The van der Waals surface area contributed by atoms with E-state index in [4.69, 9.17) is 13.7 Å². The third kappa shape index (κ3) is 3.55. The summed E-state index contributed by atoms with van der Waals surface area (Å²) in [5, 5.41) is 4.63. The Morgan fingerprint density at radius 1 is 1.29 bits per heavy atom. The molecule has 8 nitrogen and oxygen atoms in total. The second kappa shape index (κ2) is 8.12. The lowest BCUT2D eigenvalue weighted by atomic mass is 10.0. The molecule has 0 N–H and O–H groups in total. The average Bonchev–Trinajstić information content (AvgIpc) is 3.45. The van der Waals surface area contributed by atoms with E-state index in [9.17, 15) is 13.2 Å². The molecule has 166 valence electrons. The maximum atomic E-state index is 13.6. The molecule has 31 heavy (non-hydrogen) atoms. The third-order valence-electron chi connectivity index (χ3n) is 5.82. The van der Waals surface area contributed by atoms with Gasteiger partial charge in [0.25, 0.3) is 0 Å². The number of rotatable bonds is 6. The van der Waals surface area contributed by atoms with Gasteiger partial charge >= 0.3 is 5.97 Å². The highest BCUT2D eigenvalue weighted by Gasteiger charge is 2.39. The highest BCUT2D eigenvalue weighted by molar-refractivity contribution is 7.89. The molecule has 0 bridgehead atoms. The first-order chi connectivity index (χ1) is 14.8. The van der Waals surface area contributed by atoms with E-state index in [0.29, 0.717) is 35.9 Å². The van der Waals surface area contributed by atoms with Crippen molar-refractivity contribution in [2.24, 2.45) is 0 Å². The second-order valence-electron chi connectivity index (χ2n) is 7.67. The number of esters is 1. The van der Waals surface area contributed by atoms with Gasteiger partial charge in [0.2, 0.25) is 15.8 Å². The van der Waals surface area contributed by atoms with Crippen molar-refractivity contribution < 1.29 is 26.9 Å². The molecular weight excluding hydrogens is 420 g/mol. The highest BCUT2D eigenvalue weighted by Crippen LogP contribution is 2.40. The van der Waals surface area contributed by atoms with Crippen molar-refractivity contribution >= 4 is 27.0 Å². The summed E-state index contributed by atoms with van der Waals surface area (Å²) in [5.41, 5.74) is 2.60. The second-order valence-corrected chi connectivity index (χ2v) is 9.56. The summed E-state index contributed by atoms with van der Waals surface area (Å²) in [4.78, 5) is 12.3. The van der Waals surface area contributed by atoms with Crippen molar-refractivity contribution in [3.05, 3.63) is 46.5 Å². The summed E-state index contributed by atoms with van der Waals surface area (Å²) >= 11 is 0. The molecule has 1 saturated heterocycles. The topological polar surface area (TPSA) is 103 Å². The van der Waals surface area contributed by atoms with Gasteiger partial charge < -0.3 is 13.7 Å². The highest BCUT2D eigenvalue weighted by atomic mass is 32.2. The van der Waals surface area contributed by atoms with Gasteiger partial charge in [-0.3, -0.25) is 0 Å². The van der Waals surface area contributed by atoms with Crippen molar-refractivity contribution in [3.8, 4) is 0 Å². The Hall–Kier alpha value is -2.65. The van der Waals surface area contributed by atoms with Crippen molar-refractivity contribution in [3.63, 3.8) is 0 Å². The molecule has 3 aromatic rings. The average molecular weight is 447 g/mol. The van der Waals surface area contributed by atoms with Crippen LogP contribution in [-0.2, 0) is 21.2 Å². The number of aryl methyl sites for hydroxylation is 3. The maximum absolute atomic E-state index is 13.6. The molecular formula is C22H26N2O6S. The van der Waals surface area contributed by atoms with E-state index >= 15 is 0 Å². The van der Waals surface area contributed by atoms with E-state index in [0.717, 1.165) is 23.4 Å². The van der Waals surface area contributed by atoms with E-state index in [1.165, 1.54) is 10.4 Å². The SMILES string of the molecule is CCOC(=O)c1oc2ccc(S(=O)(=O)N3CCCC3c3c(C)noc3CC)cc2c1C. The number of carbonyl (C=O) groups is 1. The van der Waals surface area contributed by atoms with Crippen LogP contribution in [0.2, 0.25) is 0 Å². The minimum absolute atomic E-state index is 0.0955. The van der Waals surface area contributed by atoms with Gasteiger partial charge in [-0.25, -0.2) is 13.2 Å². The lowest BCUT2D eigenvalue weighted by molar-refractivity contribution is 0.0491. The van der Waals surface area contributed by atoms with Gasteiger partial charge in [0.15, 0.2) is 0 Å². The zero-order chi connectivity index (χ0) is 22.3. The van der Waals surface area contributed by atoms with Crippen LogP contribution in [0.25, 0.3) is 11.0 Å². The minimum Gasteiger partial charge on any atom is -0.460 e. The molecule has 3 heterocycles. The molecule has 0 saturated carbocycles. The molecule has 1 aliphatic rings. The normalized spacial score (nSPS) is 17.5. The molecule has 1 fully saturated rings. The van der Waals surface area contributed by atoms with Gasteiger partial charge in [0, 0.05) is 29.5 Å². The van der Waals surface area contributed by atoms with Gasteiger partial charge in [-0.1, -0.05) is 12.1 Å². The number of benzene rings is 1. The maximum Gasteiger partial charge on any atom is 0.374 e. The largest absolute Gasteiger partial charge is 0.460 e. The zero-order valence-corrected chi connectivity index (χ0v) is 18.9. The van der Waals surface area contributed by atoms with E-state index < -0.39 is 16.0 Å². The number of ether oxygens (including phenoxy) is 1. The molecule has 2 aromatic heterocycles. The van der Waals surface area contributed by atoms with Gasteiger partial charge in [0.05, 0.1) is 23.2 Å². The predicted octanol–water partition coefficient (Wildman–Crippen LogP) is 4.30. The Morgan fingerprint density at radius 2 is 2.06 bits per heavy atom. The van der Waals surface area contributed by atoms with Crippen LogP contribution in [-0.4, -0.2) is 37.0 Å². The number of sulfonamides is 1. The number of furan rings is 1. The number of fused-ring (bicyclic) bond motifs is 1. The Bertz CT molecular complexity index is 1240. The van der Waals surface area contributed by atoms with Crippen LogP contribution in [0, 0.1) is 13.8 Å². The molecule has 9 heteroatoms. The molecule has 1 aliphatic heterocycles. The number of hydrogen-bond donors (Lipinski definition) is 0. The fourth-order valence-electron chi connectivity index (χ4n) is 4.31. The molecule has 1 unspecified atom stereocenters. The monoisotopic (exact) mass is 446 g/mol. The zero-order valence-electron chi connectivity index (χ0n) is 18.1. The van der Waals surface area contributed by atoms with Gasteiger partial charge in [-0.15, -0.1) is 0 Å². The van der Waals surface area contributed by atoms with Gasteiger partial charge in [-0.2, -0.15) is 4.31 Å². The van der Waals surface area contributed by atoms with Crippen LogP contribution in [0.5, 0.6) is 0 Å². The molecule has 0 radical (unpaired) electrons.